The van der Waals surface area contributed by atoms with Crippen LogP contribution in [-0.2, 0) is 6.61 Å². The number of benzene rings is 1. The van der Waals surface area contributed by atoms with E-state index in [0.717, 1.165) is 5.56 Å². The lowest BCUT2D eigenvalue weighted by atomic mass is 10.2. The van der Waals surface area contributed by atoms with Crippen molar-refractivity contribution in [3.8, 4) is 0 Å². The SMILES string of the molecule is O=c1ccccn1O.O=c1ccccn1OCc1ccccc1. The van der Waals surface area contributed by atoms with Crippen molar-refractivity contribution < 1.29 is 10.0 Å². The van der Waals surface area contributed by atoms with Gasteiger partial charge in [-0.3, -0.25) is 9.59 Å². The molecule has 0 aliphatic rings. The van der Waals surface area contributed by atoms with E-state index in [1.54, 1.807) is 30.5 Å². The van der Waals surface area contributed by atoms with E-state index in [1.807, 2.05) is 30.3 Å². The van der Waals surface area contributed by atoms with Crippen LogP contribution in [0.4, 0.5) is 0 Å². The van der Waals surface area contributed by atoms with Crippen LogP contribution >= 0.6 is 0 Å². The van der Waals surface area contributed by atoms with E-state index in [2.05, 4.69) is 0 Å². The molecule has 118 valence electrons. The smallest absolute Gasteiger partial charge is 0.282 e. The first-order valence-corrected chi connectivity index (χ1v) is 6.88. The summed E-state index contributed by atoms with van der Waals surface area (Å²) in [7, 11) is 0. The van der Waals surface area contributed by atoms with E-state index in [0.29, 0.717) is 11.3 Å². The molecular weight excluding hydrogens is 296 g/mol. The Hall–Kier alpha value is -3.28. The standard InChI is InChI=1S/C12H11NO2.C5H5NO2/c14-12-8-4-5-9-13(12)15-10-11-6-2-1-3-7-11;7-5-3-1-2-4-6(5)8/h1-9H,10H2;1-4,8H. The summed E-state index contributed by atoms with van der Waals surface area (Å²) in [6.07, 6.45) is 2.88. The van der Waals surface area contributed by atoms with Crippen LogP contribution in [0.3, 0.4) is 0 Å². The average Bonchev–Trinajstić information content (AvgIpc) is 2.58. The first-order valence-electron chi connectivity index (χ1n) is 6.88. The molecule has 2 heterocycles. The molecule has 0 saturated heterocycles. The van der Waals surface area contributed by atoms with Gasteiger partial charge in [-0.25, -0.2) is 0 Å². The predicted molar refractivity (Wildman–Crippen MR) is 85.3 cm³/mol. The number of nitrogens with zero attached hydrogens (tertiary/aromatic N) is 2. The first-order chi connectivity index (χ1) is 11.2. The van der Waals surface area contributed by atoms with E-state index < -0.39 is 5.56 Å². The molecule has 0 aliphatic carbocycles. The third-order valence-corrected chi connectivity index (χ3v) is 2.80. The number of hydrogen-bond donors (Lipinski definition) is 1. The first kappa shape index (κ1) is 16.1. The Morgan fingerprint density at radius 1 is 0.783 bits per heavy atom. The third-order valence-electron chi connectivity index (χ3n) is 2.80. The molecule has 3 aromatic rings. The molecule has 0 saturated carbocycles. The monoisotopic (exact) mass is 312 g/mol. The summed E-state index contributed by atoms with van der Waals surface area (Å²) < 4.78 is 1.76. The molecule has 0 atom stereocenters. The van der Waals surface area contributed by atoms with Gasteiger partial charge in [-0.15, -0.1) is 0 Å². The number of aromatic nitrogens is 2. The largest absolute Gasteiger partial charge is 0.425 e. The molecule has 1 N–H and O–H groups in total. The van der Waals surface area contributed by atoms with Gasteiger partial charge >= 0.3 is 0 Å². The van der Waals surface area contributed by atoms with Crippen LogP contribution in [0.5, 0.6) is 0 Å². The van der Waals surface area contributed by atoms with Crippen LogP contribution in [0.2, 0.25) is 0 Å². The highest BCUT2D eigenvalue weighted by atomic mass is 16.7. The molecule has 0 fully saturated rings. The summed E-state index contributed by atoms with van der Waals surface area (Å²) in [5.41, 5.74) is 0.467. The van der Waals surface area contributed by atoms with Crippen molar-refractivity contribution >= 4 is 0 Å². The van der Waals surface area contributed by atoms with Crippen molar-refractivity contribution in [3.05, 3.63) is 105 Å². The molecule has 0 amide bonds. The number of hydrogen-bond acceptors (Lipinski definition) is 4. The van der Waals surface area contributed by atoms with Gasteiger partial charge < -0.3 is 10.0 Å². The van der Waals surface area contributed by atoms with Crippen molar-refractivity contribution in [2.24, 2.45) is 0 Å². The lowest BCUT2D eigenvalue weighted by Gasteiger charge is -2.06. The Bertz CT molecular complexity index is 840. The molecule has 23 heavy (non-hydrogen) atoms. The van der Waals surface area contributed by atoms with Gasteiger partial charge in [0.05, 0.1) is 0 Å². The zero-order valence-electron chi connectivity index (χ0n) is 12.3. The van der Waals surface area contributed by atoms with Crippen LogP contribution in [-0.4, -0.2) is 14.7 Å². The second kappa shape index (κ2) is 8.23. The van der Waals surface area contributed by atoms with E-state index in [4.69, 9.17) is 10.0 Å². The second-order valence-electron chi connectivity index (χ2n) is 4.51. The zero-order valence-corrected chi connectivity index (χ0v) is 12.3. The fraction of sp³-hybridized carbons (Fsp3) is 0.0588. The normalized spacial score (nSPS) is 9.57. The summed E-state index contributed by atoms with van der Waals surface area (Å²) in [6.45, 7) is 0.394. The van der Waals surface area contributed by atoms with Crippen LogP contribution in [0.1, 0.15) is 5.56 Å². The Labute approximate surface area is 132 Å². The molecule has 0 bridgehead atoms. The molecule has 2 aromatic heterocycles. The summed E-state index contributed by atoms with van der Waals surface area (Å²) in [5.74, 6) is 0. The van der Waals surface area contributed by atoms with Crippen molar-refractivity contribution in [1.29, 1.82) is 0 Å². The highest BCUT2D eigenvalue weighted by Crippen LogP contribution is 1.97. The van der Waals surface area contributed by atoms with Crippen LogP contribution < -0.4 is 16.0 Å². The minimum absolute atomic E-state index is 0.159. The third kappa shape index (κ3) is 5.20. The van der Waals surface area contributed by atoms with Crippen molar-refractivity contribution in [2.75, 3.05) is 0 Å². The molecule has 3 rings (SSSR count). The summed E-state index contributed by atoms with van der Waals surface area (Å²) in [5, 5.41) is 8.52. The maximum absolute atomic E-state index is 11.3. The summed E-state index contributed by atoms with van der Waals surface area (Å²) in [4.78, 5) is 26.9. The van der Waals surface area contributed by atoms with Crippen molar-refractivity contribution in [3.63, 3.8) is 0 Å². The topological polar surface area (TPSA) is 73.5 Å². The molecule has 6 nitrogen and oxygen atoms in total. The van der Waals surface area contributed by atoms with Gasteiger partial charge in [-0.2, -0.15) is 9.46 Å². The quantitative estimate of drug-likeness (QED) is 0.745. The summed E-state index contributed by atoms with van der Waals surface area (Å²) >= 11 is 0. The fourth-order valence-electron chi connectivity index (χ4n) is 1.66. The van der Waals surface area contributed by atoms with Gasteiger partial charge in [0.25, 0.3) is 11.1 Å². The minimum Gasteiger partial charge on any atom is -0.425 e. The van der Waals surface area contributed by atoms with Crippen LogP contribution in [0, 0.1) is 0 Å². The van der Waals surface area contributed by atoms with Gasteiger partial charge in [0.1, 0.15) is 6.61 Å². The van der Waals surface area contributed by atoms with E-state index >= 15 is 0 Å². The zero-order chi connectivity index (χ0) is 16.5. The molecule has 0 aliphatic heterocycles. The van der Waals surface area contributed by atoms with Crippen LogP contribution in [0.15, 0.2) is 88.7 Å². The highest BCUT2D eigenvalue weighted by molar-refractivity contribution is 5.13. The second-order valence-corrected chi connectivity index (χ2v) is 4.51. The Morgan fingerprint density at radius 3 is 1.96 bits per heavy atom. The van der Waals surface area contributed by atoms with E-state index in [9.17, 15) is 9.59 Å². The molecule has 0 unspecified atom stereocenters. The minimum atomic E-state index is -0.410. The highest BCUT2D eigenvalue weighted by Gasteiger charge is 1.95. The van der Waals surface area contributed by atoms with Gasteiger partial charge in [-0.05, 0) is 17.7 Å². The maximum atomic E-state index is 11.3. The van der Waals surface area contributed by atoms with E-state index in [-0.39, 0.29) is 5.56 Å². The maximum Gasteiger partial charge on any atom is 0.282 e. The lowest BCUT2D eigenvalue weighted by Crippen LogP contribution is -2.24. The fourth-order valence-corrected chi connectivity index (χ4v) is 1.66. The molecular formula is C17H16N2O4. The van der Waals surface area contributed by atoms with Gasteiger partial charge in [-0.1, -0.05) is 42.5 Å². The lowest BCUT2D eigenvalue weighted by molar-refractivity contribution is 0.0891. The molecule has 1 aromatic carbocycles. The van der Waals surface area contributed by atoms with Crippen LogP contribution in [0.25, 0.3) is 0 Å². The van der Waals surface area contributed by atoms with Crippen molar-refractivity contribution in [1.82, 2.24) is 9.46 Å². The van der Waals surface area contributed by atoms with Gasteiger partial charge in [0.15, 0.2) is 0 Å². The number of rotatable bonds is 3. The Balaban J connectivity index is 0.000000203. The van der Waals surface area contributed by atoms with Gasteiger partial charge in [0, 0.05) is 24.5 Å². The predicted octanol–water partition coefficient (Wildman–Crippen LogP) is 1.56. The van der Waals surface area contributed by atoms with Gasteiger partial charge in [0.2, 0.25) is 0 Å². The molecule has 6 heteroatoms. The Kier molecular flexibility index (Phi) is 5.76. The number of pyridine rings is 2. The van der Waals surface area contributed by atoms with E-state index in [1.165, 1.54) is 23.1 Å². The average molecular weight is 312 g/mol. The molecule has 0 radical (unpaired) electrons. The Morgan fingerprint density at radius 2 is 1.39 bits per heavy atom. The summed E-state index contributed by atoms with van der Waals surface area (Å²) in [6, 6.07) is 19.0. The van der Waals surface area contributed by atoms with Crippen molar-refractivity contribution in [2.45, 2.75) is 6.61 Å². The molecule has 0 spiro atoms.